The minimum Gasteiger partial charge on any atom is -0.480 e. The van der Waals surface area contributed by atoms with E-state index in [1.807, 2.05) is 4.90 Å². The maximum absolute atomic E-state index is 11.9. The molecule has 7 nitrogen and oxygen atoms in total. The molecule has 0 aromatic rings. The van der Waals surface area contributed by atoms with E-state index in [2.05, 4.69) is 10.6 Å². The number of hydrogen-bond acceptors (Lipinski definition) is 4. The molecule has 0 radical (unpaired) electrons. The molecule has 1 saturated heterocycles. The number of carboxylic acid groups (broad SMARTS) is 1. The van der Waals surface area contributed by atoms with Crippen molar-refractivity contribution in [3.8, 4) is 0 Å². The van der Waals surface area contributed by atoms with Crippen LogP contribution in [0.5, 0.6) is 0 Å². The van der Waals surface area contributed by atoms with Crippen molar-refractivity contribution in [2.75, 3.05) is 26.2 Å². The molecule has 7 heteroatoms. The van der Waals surface area contributed by atoms with Gasteiger partial charge in [-0.2, -0.15) is 0 Å². The number of carbonyl (C=O) groups excluding carboxylic acids is 2. The Balaban J connectivity index is 2.20. The average molecular weight is 285 g/mol. The van der Waals surface area contributed by atoms with Crippen molar-refractivity contribution in [1.82, 2.24) is 15.5 Å². The molecule has 1 aliphatic heterocycles. The smallest absolute Gasteiger partial charge is 0.327 e. The molecular weight excluding hydrogens is 262 g/mol. The molecule has 2 amide bonds. The molecule has 3 N–H and O–H groups in total. The predicted molar refractivity (Wildman–Crippen MR) is 73.2 cm³/mol. The molecular formula is C13H23N3O4. The Kier molecular flexibility index (Phi) is 7.00. The van der Waals surface area contributed by atoms with Crippen LogP contribution in [0.2, 0.25) is 0 Å². The van der Waals surface area contributed by atoms with Gasteiger partial charge in [-0.25, -0.2) is 4.79 Å². The topological polar surface area (TPSA) is 98.7 Å². The quantitative estimate of drug-likeness (QED) is 0.551. The predicted octanol–water partition coefficient (Wildman–Crippen LogP) is -0.432. The SMILES string of the molecule is CC(=O)NC(CNCCC(=O)N1CCCCC1)C(=O)O. The fourth-order valence-corrected chi connectivity index (χ4v) is 2.19. The Morgan fingerprint density at radius 3 is 2.40 bits per heavy atom. The Hall–Kier alpha value is -1.63. The number of piperidine rings is 1. The first-order chi connectivity index (χ1) is 9.50. The second-order valence-corrected chi connectivity index (χ2v) is 4.99. The first-order valence-electron chi connectivity index (χ1n) is 6.99. The summed E-state index contributed by atoms with van der Waals surface area (Å²) in [6.07, 6.45) is 3.65. The van der Waals surface area contributed by atoms with E-state index in [-0.39, 0.29) is 18.4 Å². The van der Waals surface area contributed by atoms with Gasteiger partial charge in [-0.05, 0) is 19.3 Å². The van der Waals surface area contributed by atoms with Gasteiger partial charge in [0.05, 0.1) is 0 Å². The highest BCUT2D eigenvalue weighted by atomic mass is 16.4. The summed E-state index contributed by atoms with van der Waals surface area (Å²) >= 11 is 0. The third-order valence-electron chi connectivity index (χ3n) is 3.25. The number of nitrogens with zero attached hydrogens (tertiary/aromatic N) is 1. The molecule has 0 aliphatic carbocycles. The number of nitrogens with one attached hydrogen (secondary N) is 2. The van der Waals surface area contributed by atoms with Gasteiger partial charge in [0.1, 0.15) is 6.04 Å². The molecule has 0 saturated carbocycles. The zero-order valence-electron chi connectivity index (χ0n) is 11.9. The van der Waals surface area contributed by atoms with Gasteiger partial charge < -0.3 is 20.6 Å². The number of rotatable bonds is 7. The number of hydrogen-bond donors (Lipinski definition) is 3. The highest BCUT2D eigenvalue weighted by Crippen LogP contribution is 2.09. The van der Waals surface area contributed by atoms with E-state index in [9.17, 15) is 14.4 Å². The van der Waals surface area contributed by atoms with E-state index >= 15 is 0 Å². The number of likely N-dealkylation sites (tertiary alicyclic amines) is 1. The largest absolute Gasteiger partial charge is 0.480 e. The van der Waals surface area contributed by atoms with Gasteiger partial charge >= 0.3 is 5.97 Å². The fraction of sp³-hybridized carbons (Fsp3) is 0.769. The summed E-state index contributed by atoms with van der Waals surface area (Å²) in [6, 6.07) is -0.961. The second kappa shape index (κ2) is 8.52. The minimum atomic E-state index is -1.09. The highest BCUT2D eigenvalue weighted by molar-refractivity contribution is 5.82. The van der Waals surface area contributed by atoms with Gasteiger partial charge in [0, 0.05) is 39.5 Å². The van der Waals surface area contributed by atoms with E-state index in [0.717, 1.165) is 25.9 Å². The highest BCUT2D eigenvalue weighted by Gasteiger charge is 2.19. The number of carboxylic acids is 1. The van der Waals surface area contributed by atoms with Crippen molar-refractivity contribution < 1.29 is 19.5 Å². The van der Waals surface area contributed by atoms with Crippen molar-refractivity contribution in [3.63, 3.8) is 0 Å². The molecule has 1 aliphatic rings. The molecule has 1 heterocycles. The van der Waals surface area contributed by atoms with Crippen molar-refractivity contribution >= 4 is 17.8 Å². The lowest BCUT2D eigenvalue weighted by molar-refractivity contribution is -0.141. The van der Waals surface area contributed by atoms with Crippen LogP contribution in [0.15, 0.2) is 0 Å². The molecule has 1 rings (SSSR count). The number of amides is 2. The van der Waals surface area contributed by atoms with Crippen LogP contribution in [0.4, 0.5) is 0 Å². The van der Waals surface area contributed by atoms with Crippen LogP contribution in [0, 0.1) is 0 Å². The van der Waals surface area contributed by atoms with Gasteiger partial charge in [0.15, 0.2) is 0 Å². The van der Waals surface area contributed by atoms with E-state index in [4.69, 9.17) is 5.11 Å². The monoisotopic (exact) mass is 285 g/mol. The second-order valence-electron chi connectivity index (χ2n) is 4.99. The van der Waals surface area contributed by atoms with Gasteiger partial charge in [-0.1, -0.05) is 0 Å². The first kappa shape index (κ1) is 16.4. The lowest BCUT2D eigenvalue weighted by Crippen LogP contribution is -2.47. The van der Waals surface area contributed by atoms with Gasteiger partial charge in [-0.15, -0.1) is 0 Å². The summed E-state index contributed by atoms with van der Waals surface area (Å²) in [7, 11) is 0. The molecule has 0 aromatic carbocycles. The summed E-state index contributed by atoms with van der Waals surface area (Å²) in [5.74, 6) is -1.37. The normalized spacial score (nSPS) is 16.6. The van der Waals surface area contributed by atoms with Crippen molar-refractivity contribution in [3.05, 3.63) is 0 Å². The van der Waals surface area contributed by atoms with Crippen molar-refractivity contribution in [2.24, 2.45) is 0 Å². The summed E-state index contributed by atoms with van der Waals surface area (Å²) < 4.78 is 0. The van der Waals surface area contributed by atoms with E-state index in [0.29, 0.717) is 13.0 Å². The van der Waals surface area contributed by atoms with Crippen molar-refractivity contribution in [2.45, 2.75) is 38.6 Å². The van der Waals surface area contributed by atoms with E-state index < -0.39 is 12.0 Å². The summed E-state index contributed by atoms with van der Waals surface area (Å²) in [5, 5.41) is 14.1. The van der Waals surface area contributed by atoms with Crippen LogP contribution in [-0.4, -0.2) is 60.0 Å². The van der Waals surface area contributed by atoms with Gasteiger partial charge in [0.25, 0.3) is 0 Å². The Labute approximate surface area is 118 Å². The van der Waals surface area contributed by atoms with E-state index in [1.54, 1.807) is 0 Å². The zero-order valence-corrected chi connectivity index (χ0v) is 11.9. The van der Waals surface area contributed by atoms with Gasteiger partial charge in [-0.3, -0.25) is 9.59 Å². The van der Waals surface area contributed by atoms with Crippen LogP contribution >= 0.6 is 0 Å². The standard InChI is InChI=1S/C13H23N3O4/c1-10(17)15-11(13(19)20)9-14-6-5-12(18)16-7-3-2-4-8-16/h11,14H,2-9H2,1H3,(H,15,17)(H,19,20). The Morgan fingerprint density at radius 1 is 1.20 bits per heavy atom. The van der Waals surface area contributed by atoms with Crippen LogP contribution in [0.1, 0.15) is 32.6 Å². The summed E-state index contributed by atoms with van der Waals surface area (Å²) in [4.78, 5) is 35.4. The molecule has 20 heavy (non-hydrogen) atoms. The number of carbonyl (C=O) groups is 3. The number of aliphatic carboxylic acids is 1. The minimum absolute atomic E-state index is 0.101. The maximum atomic E-state index is 11.9. The summed E-state index contributed by atoms with van der Waals surface area (Å²) in [6.45, 7) is 3.45. The molecule has 0 spiro atoms. The Morgan fingerprint density at radius 2 is 1.85 bits per heavy atom. The molecule has 1 fully saturated rings. The van der Waals surface area contributed by atoms with Crippen LogP contribution in [0.25, 0.3) is 0 Å². The zero-order chi connectivity index (χ0) is 15.0. The third kappa shape index (κ3) is 6.01. The maximum Gasteiger partial charge on any atom is 0.327 e. The molecule has 1 unspecified atom stereocenters. The Bertz CT molecular complexity index is 354. The first-order valence-corrected chi connectivity index (χ1v) is 6.99. The van der Waals surface area contributed by atoms with Crippen LogP contribution in [0.3, 0.4) is 0 Å². The van der Waals surface area contributed by atoms with Gasteiger partial charge in [0.2, 0.25) is 11.8 Å². The molecule has 0 bridgehead atoms. The molecule has 1 atom stereocenters. The third-order valence-corrected chi connectivity index (χ3v) is 3.25. The molecule has 114 valence electrons. The average Bonchev–Trinajstić information content (AvgIpc) is 2.42. The van der Waals surface area contributed by atoms with Crippen LogP contribution in [-0.2, 0) is 14.4 Å². The summed E-state index contributed by atoms with van der Waals surface area (Å²) in [5.41, 5.74) is 0. The fourth-order valence-electron chi connectivity index (χ4n) is 2.19. The molecule has 0 aromatic heterocycles. The van der Waals surface area contributed by atoms with Crippen LogP contribution < -0.4 is 10.6 Å². The lowest BCUT2D eigenvalue weighted by Gasteiger charge is -2.26. The lowest BCUT2D eigenvalue weighted by atomic mass is 10.1. The van der Waals surface area contributed by atoms with Crippen molar-refractivity contribution in [1.29, 1.82) is 0 Å². The van der Waals surface area contributed by atoms with E-state index in [1.165, 1.54) is 13.3 Å².